The number of thiazole rings is 1. The van der Waals surface area contributed by atoms with Crippen LogP contribution in [0.25, 0.3) is 10.4 Å². The zero-order chi connectivity index (χ0) is 17.5. The summed E-state index contributed by atoms with van der Waals surface area (Å²) in [7, 11) is 1.64. The molecule has 0 aliphatic rings. The van der Waals surface area contributed by atoms with Crippen molar-refractivity contribution in [3.8, 4) is 21.9 Å². The third-order valence-corrected chi connectivity index (χ3v) is 4.62. The Balaban J connectivity index is 2.29. The predicted octanol–water partition coefficient (Wildman–Crippen LogP) is 4.65. The Morgan fingerprint density at radius 2 is 2.12 bits per heavy atom. The van der Waals surface area contributed by atoms with E-state index in [1.165, 1.54) is 18.3 Å². The van der Waals surface area contributed by atoms with Crippen LogP contribution in [0.4, 0.5) is 5.13 Å². The van der Waals surface area contributed by atoms with E-state index in [2.05, 4.69) is 17.2 Å². The van der Waals surface area contributed by atoms with Crippen LogP contribution in [0.5, 0.6) is 11.5 Å². The van der Waals surface area contributed by atoms with Crippen molar-refractivity contribution < 1.29 is 14.3 Å². The number of para-hydroxylation sites is 1. The Hall–Kier alpha value is -2.08. The molecule has 0 radical (unpaired) electrons. The van der Waals surface area contributed by atoms with Gasteiger partial charge in [-0.2, -0.15) is 0 Å². The van der Waals surface area contributed by atoms with Gasteiger partial charge in [0.05, 0.1) is 24.3 Å². The molecular weight excluding hydrogens is 324 g/mol. The van der Waals surface area contributed by atoms with Crippen molar-refractivity contribution in [1.29, 1.82) is 0 Å². The van der Waals surface area contributed by atoms with E-state index in [0.717, 1.165) is 41.1 Å². The van der Waals surface area contributed by atoms with E-state index >= 15 is 0 Å². The summed E-state index contributed by atoms with van der Waals surface area (Å²) in [5, 5.41) is 3.32. The lowest BCUT2D eigenvalue weighted by Crippen LogP contribution is -2.04. The molecule has 24 heavy (non-hydrogen) atoms. The van der Waals surface area contributed by atoms with Crippen molar-refractivity contribution in [3.63, 3.8) is 0 Å². The zero-order valence-corrected chi connectivity index (χ0v) is 15.5. The number of carbonyl (C=O) groups excluding carboxylic acids is 1. The van der Waals surface area contributed by atoms with E-state index in [4.69, 9.17) is 9.47 Å². The highest BCUT2D eigenvalue weighted by Gasteiger charge is 2.17. The molecule has 0 aliphatic carbocycles. The third-order valence-electron chi connectivity index (χ3n) is 3.51. The minimum absolute atomic E-state index is 0.129. The number of nitrogens with one attached hydrogen (secondary N) is 1. The van der Waals surface area contributed by atoms with E-state index in [9.17, 15) is 4.79 Å². The molecule has 0 bridgehead atoms. The minimum atomic E-state index is -0.129. The number of aromatic nitrogens is 1. The van der Waals surface area contributed by atoms with Gasteiger partial charge in [-0.1, -0.05) is 37.2 Å². The van der Waals surface area contributed by atoms with Crippen LogP contribution in [0.3, 0.4) is 0 Å². The predicted molar refractivity (Wildman–Crippen MR) is 98.2 cm³/mol. The van der Waals surface area contributed by atoms with Gasteiger partial charge in [-0.25, -0.2) is 4.98 Å². The summed E-state index contributed by atoms with van der Waals surface area (Å²) in [5.41, 5.74) is 1.78. The Labute approximate surface area is 147 Å². The largest absolute Gasteiger partial charge is 0.492 e. The van der Waals surface area contributed by atoms with Gasteiger partial charge >= 0.3 is 0 Å². The van der Waals surface area contributed by atoms with Crippen LogP contribution >= 0.6 is 11.3 Å². The number of carbonyl (C=O) groups is 1. The fraction of sp³-hybridized carbons (Fsp3) is 0.444. The lowest BCUT2D eigenvalue weighted by Gasteiger charge is -2.14. The van der Waals surface area contributed by atoms with E-state index in [-0.39, 0.29) is 5.91 Å². The van der Waals surface area contributed by atoms with Gasteiger partial charge in [0.25, 0.3) is 0 Å². The van der Waals surface area contributed by atoms with Crippen molar-refractivity contribution in [2.24, 2.45) is 0 Å². The quantitative estimate of drug-likeness (QED) is 0.705. The van der Waals surface area contributed by atoms with Crippen LogP contribution < -0.4 is 14.8 Å². The molecule has 0 saturated heterocycles. The second-order valence-electron chi connectivity index (χ2n) is 5.51. The first-order chi connectivity index (χ1) is 11.6. The number of ether oxygens (including phenoxy) is 2. The van der Waals surface area contributed by atoms with Crippen molar-refractivity contribution in [2.75, 3.05) is 19.0 Å². The van der Waals surface area contributed by atoms with Gasteiger partial charge in [0.2, 0.25) is 5.91 Å². The molecule has 2 aromatic rings. The minimum Gasteiger partial charge on any atom is -0.492 e. The van der Waals surface area contributed by atoms with E-state index in [1.807, 2.05) is 25.1 Å². The second-order valence-corrected chi connectivity index (χ2v) is 6.51. The van der Waals surface area contributed by atoms with Crippen LogP contribution in [0, 0.1) is 6.92 Å². The van der Waals surface area contributed by atoms with E-state index < -0.39 is 0 Å². The van der Waals surface area contributed by atoms with E-state index in [0.29, 0.717) is 17.5 Å². The Morgan fingerprint density at radius 3 is 2.79 bits per heavy atom. The molecule has 6 heteroatoms. The maximum absolute atomic E-state index is 11.2. The first kappa shape index (κ1) is 18.3. The van der Waals surface area contributed by atoms with Crippen molar-refractivity contribution in [3.05, 3.63) is 23.9 Å². The zero-order valence-electron chi connectivity index (χ0n) is 14.6. The summed E-state index contributed by atoms with van der Waals surface area (Å²) < 4.78 is 11.5. The summed E-state index contributed by atoms with van der Waals surface area (Å²) in [6, 6.07) is 5.85. The number of hydrogen-bond acceptors (Lipinski definition) is 5. The van der Waals surface area contributed by atoms with Crippen molar-refractivity contribution in [1.82, 2.24) is 4.98 Å². The van der Waals surface area contributed by atoms with Gasteiger partial charge in [-0.3, -0.25) is 4.79 Å². The molecule has 0 saturated carbocycles. The molecular formula is C18H24N2O3S. The maximum atomic E-state index is 11.2. The molecule has 0 unspecified atom stereocenters. The standard InChI is InChI=1S/C18H24N2O3S/c1-5-6-7-11-23-15-10-8-9-14(16(15)22-4)17-12(2)19-18(24-17)20-13(3)21/h8-10H,5-7,11H2,1-4H3,(H,19,20,21). The normalized spacial score (nSPS) is 10.5. The van der Waals surface area contributed by atoms with Gasteiger partial charge in [0.1, 0.15) is 0 Å². The molecule has 1 heterocycles. The molecule has 1 N–H and O–H groups in total. The number of amides is 1. The molecule has 130 valence electrons. The molecule has 1 aromatic carbocycles. The average molecular weight is 348 g/mol. The third kappa shape index (κ3) is 4.47. The highest BCUT2D eigenvalue weighted by atomic mass is 32.1. The van der Waals surface area contributed by atoms with Crippen LogP contribution in [0.15, 0.2) is 18.2 Å². The molecule has 1 aromatic heterocycles. The van der Waals surface area contributed by atoms with Gasteiger partial charge in [0, 0.05) is 12.5 Å². The number of hydrogen-bond donors (Lipinski definition) is 1. The van der Waals surface area contributed by atoms with Gasteiger partial charge < -0.3 is 14.8 Å². The fourth-order valence-electron chi connectivity index (χ4n) is 2.40. The maximum Gasteiger partial charge on any atom is 0.223 e. The van der Waals surface area contributed by atoms with Crippen LogP contribution in [-0.4, -0.2) is 24.6 Å². The number of anilines is 1. The molecule has 0 spiro atoms. The summed E-state index contributed by atoms with van der Waals surface area (Å²) in [5.74, 6) is 1.31. The smallest absolute Gasteiger partial charge is 0.223 e. The number of unbranched alkanes of at least 4 members (excludes halogenated alkanes) is 2. The molecule has 5 nitrogen and oxygen atoms in total. The second kappa shape index (κ2) is 8.68. The molecule has 0 atom stereocenters. The first-order valence-corrected chi connectivity index (χ1v) is 8.93. The summed E-state index contributed by atoms with van der Waals surface area (Å²) in [6.07, 6.45) is 3.33. The number of benzene rings is 1. The first-order valence-electron chi connectivity index (χ1n) is 8.12. The Morgan fingerprint density at radius 1 is 1.33 bits per heavy atom. The summed E-state index contributed by atoms with van der Waals surface area (Å²) >= 11 is 1.43. The molecule has 0 fully saturated rings. The van der Waals surface area contributed by atoms with Crippen LogP contribution in [0.1, 0.15) is 38.8 Å². The number of aryl methyl sites for hydroxylation is 1. The summed E-state index contributed by atoms with van der Waals surface area (Å²) in [6.45, 7) is 6.24. The van der Waals surface area contributed by atoms with Crippen LogP contribution in [-0.2, 0) is 4.79 Å². The van der Waals surface area contributed by atoms with Crippen molar-refractivity contribution in [2.45, 2.75) is 40.0 Å². The number of rotatable bonds is 8. The number of nitrogens with zero attached hydrogens (tertiary/aromatic N) is 1. The Kier molecular flexibility index (Phi) is 6.61. The van der Waals surface area contributed by atoms with Crippen LogP contribution in [0.2, 0.25) is 0 Å². The lowest BCUT2D eigenvalue weighted by molar-refractivity contribution is -0.114. The molecule has 2 rings (SSSR count). The summed E-state index contributed by atoms with van der Waals surface area (Å²) in [4.78, 5) is 16.6. The average Bonchev–Trinajstić information content (AvgIpc) is 2.90. The van der Waals surface area contributed by atoms with Gasteiger partial charge in [-0.05, 0) is 25.5 Å². The topological polar surface area (TPSA) is 60.5 Å². The van der Waals surface area contributed by atoms with Gasteiger partial charge in [-0.15, -0.1) is 0 Å². The van der Waals surface area contributed by atoms with E-state index in [1.54, 1.807) is 7.11 Å². The number of methoxy groups -OCH3 is 1. The van der Waals surface area contributed by atoms with Crippen molar-refractivity contribution >= 4 is 22.4 Å². The monoisotopic (exact) mass is 348 g/mol. The lowest BCUT2D eigenvalue weighted by atomic mass is 10.1. The SMILES string of the molecule is CCCCCOc1cccc(-c2sc(NC(C)=O)nc2C)c1OC. The van der Waals surface area contributed by atoms with Gasteiger partial charge in [0.15, 0.2) is 16.6 Å². The molecule has 1 amide bonds. The molecule has 0 aliphatic heterocycles. The Bertz CT molecular complexity index is 698. The fourth-order valence-corrected chi connectivity index (χ4v) is 3.44. The highest BCUT2D eigenvalue weighted by Crippen LogP contribution is 2.42. The highest BCUT2D eigenvalue weighted by molar-refractivity contribution is 7.19.